The van der Waals surface area contributed by atoms with E-state index in [9.17, 15) is 13.2 Å². The number of sulfonamides is 1. The Morgan fingerprint density at radius 3 is 2.88 bits per heavy atom. The van der Waals surface area contributed by atoms with Crippen LogP contribution in [-0.4, -0.2) is 44.8 Å². The van der Waals surface area contributed by atoms with E-state index < -0.39 is 15.9 Å². The van der Waals surface area contributed by atoms with Gasteiger partial charge in [0.15, 0.2) is 0 Å². The molecule has 3 N–H and O–H groups in total. The quantitative estimate of drug-likeness (QED) is 0.545. The number of aromatic nitrogens is 2. The van der Waals surface area contributed by atoms with Crippen molar-refractivity contribution >= 4 is 32.5 Å². The zero-order chi connectivity index (χ0) is 18.6. The van der Waals surface area contributed by atoms with Crippen LogP contribution in [0.5, 0.6) is 0 Å². The first-order valence-electron chi connectivity index (χ1n) is 7.83. The van der Waals surface area contributed by atoms with Crippen molar-refractivity contribution in [3.63, 3.8) is 0 Å². The molecule has 0 fully saturated rings. The molecule has 0 unspecified atom stereocenters. The molecule has 0 aliphatic rings. The molecule has 9 heteroatoms. The van der Waals surface area contributed by atoms with Gasteiger partial charge >= 0.3 is 0 Å². The highest BCUT2D eigenvalue weighted by Crippen LogP contribution is 2.18. The maximum absolute atomic E-state index is 12.5. The smallest absolute Gasteiger partial charge is 0.255 e. The van der Waals surface area contributed by atoms with Crippen LogP contribution in [0.1, 0.15) is 10.4 Å². The Kier molecular flexibility index (Phi) is 5.31. The number of H-pyrrole nitrogens is 1. The second-order valence-corrected chi connectivity index (χ2v) is 7.31. The standard InChI is InChI=1S/C17H18N4O4S/c1-25-8-7-19-26(23,24)15-4-2-3-12(10-15)17(22)20-14-5-6-16-13(9-14)11-18-21-16/h2-6,9-11,19H,7-8H2,1H3,(H,18,21)(H,20,22). The molecule has 8 nitrogen and oxygen atoms in total. The third-order valence-electron chi connectivity index (χ3n) is 3.70. The highest BCUT2D eigenvalue weighted by Gasteiger charge is 2.16. The van der Waals surface area contributed by atoms with E-state index in [1.54, 1.807) is 30.5 Å². The van der Waals surface area contributed by atoms with Crippen molar-refractivity contribution in [3.05, 3.63) is 54.2 Å². The molecular weight excluding hydrogens is 356 g/mol. The Morgan fingerprint density at radius 2 is 2.08 bits per heavy atom. The molecule has 0 saturated carbocycles. The monoisotopic (exact) mass is 374 g/mol. The molecule has 0 aliphatic heterocycles. The van der Waals surface area contributed by atoms with Gasteiger partial charge in [0.2, 0.25) is 10.0 Å². The molecule has 2 aromatic carbocycles. The minimum Gasteiger partial charge on any atom is -0.383 e. The fourth-order valence-corrected chi connectivity index (χ4v) is 3.45. The lowest BCUT2D eigenvalue weighted by Gasteiger charge is -2.09. The molecule has 1 aromatic heterocycles. The number of nitrogens with one attached hydrogen (secondary N) is 3. The number of fused-ring (bicyclic) bond motifs is 1. The van der Waals surface area contributed by atoms with Crippen molar-refractivity contribution in [2.24, 2.45) is 0 Å². The summed E-state index contributed by atoms with van der Waals surface area (Å²) in [5, 5.41) is 10.4. The number of carbonyl (C=O) groups excluding carboxylic acids is 1. The van der Waals surface area contributed by atoms with Crippen LogP contribution in [-0.2, 0) is 14.8 Å². The van der Waals surface area contributed by atoms with E-state index in [-0.39, 0.29) is 23.6 Å². The van der Waals surface area contributed by atoms with E-state index in [4.69, 9.17) is 4.74 Å². The fourth-order valence-electron chi connectivity index (χ4n) is 2.39. The molecule has 0 bridgehead atoms. The van der Waals surface area contributed by atoms with E-state index in [1.807, 2.05) is 0 Å². The number of rotatable bonds is 7. The summed E-state index contributed by atoms with van der Waals surface area (Å²) in [6.45, 7) is 0.413. The van der Waals surface area contributed by atoms with Crippen LogP contribution in [0.2, 0.25) is 0 Å². The first-order valence-corrected chi connectivity index (χ1v) is 9.31. The minimum atomic E-state index is -3.71. The Labute approximate surface area is 150 Å². The largest absolute Gasteiger partial charge is 0.383 e. The topological polar surface area (TPSA) is 113 Å². The molecule has 136 valence electrons. The molecular formula is C17H18N4O4S. The van der Waals surface area contributed by atoms with E-state index in [2.05, 4.69) is 20.2 Å². The van der Waals surface area contributed by atoms with Crippen LogP contribution < -0.4 is 10.0 Å². The molecule has 3 rings (SSSR count). The summed E-state index contributed by atoms with van der Waals surface area (Å²) >= 11 is 0. The predicted molar refractivity (Wildman–Crippen MR) is 97.6 cm³/mol. The van der Waals surface area contributed by atoms with Crippen LogP contribution >= 0.6 is 0 Å². The Morgan fingerprint density at radius 1 is 1.23 bits per heavy atom. The number of nitrogens with zero attached hydrogens (tertiary/aromatic N) is 1. The normalized spacial score (nSPS) is 11.6. The zero-order valence-electron chi connectivity index (χ0n) is 14.0. The van der Waals surface area contributed by atoms with Gasteiger partial charge in [-0.15, -0.1) is 0 Å². The fraction of sp³-hybridized carbons (Fsp3) is 0.176. The molecule has 0 atom stereocenters. The average Bonchev–Trinajstić information content (AvgIpc) is 3.10. The molecule has 3 aromatic rings. The van der Waals surface area contributed by atoms with Gasteiger partial charge < -0.3 is 10.1 Å². The number of amides is 1. The van der Waals surface area contributed by atoms with Gasteiger partial charge in [-0.1, -0.05) is 6.07 Å². The third kappa shape index (κ3) is 4.07. The van der Waals surface area contributed by atoms with Crippen LogP contribution in [0.4, 0.5) is 5.69 Å². The first-order chi connectivity index (χ1) is 12.5. The second-order valence-electron chi connectivity index (χ2n) is 5.54. The highest BCUT2D eigenvalue weighted by atomic mass is 32.2. The van der Waals surface area contributed by atoms with Gasteiger partial charge in [-0.25, -0.2) is 13.1 Å². The van der Waals surface area contributed by atoms with Crippen molar-refractivity contribution in [3.8, 4) is 0 Å². The molecule has 0 spiro atoms. The van der Waals surface area contributed by atoms with E-state index in [1.165, 1.54) is 25.3 Å². The van der Waals surface area contributed by atoms with Crippen molar-refractivity contribution in [2.45, 2.75) is 4.90 Å². The summed E-state index contributed by atoms with van der Waals surface area (Å²) in [5.41, 5.74) is 1.69. The lowest BCUT2D eigenvalue weighted by atomic mass is 10.2. The maximum atomic E-state index is 12.5. The number of methoxy groups -OCH3 is 1. The predicted octanol–water partition coefficient (Wildman–Crippen LogP) is 1.74. The molecule has 0 saturated heterocycles. The van der Waals surface area contributed by atoms with Crippen LogP contribution in [0, 0.1) is 0 Å². The second kappa shape index (κ2) is 7.65. The minimum absolute atomic E-state index is 0.0199. The summed E-state index contributed by atoms with van der Waals surface area (Å²) < 4.78 is 31.7. The van der Waals surface area contributed by atoms with Crippen molar-refractivity contribution < 1.29 is 17.9 Å². The molecule has 26 heavy (non-hydrogen) atoms. The third-order valence-corrected chi connectivity index (χ3v) is 5.16. The number of hydrogen-bond donors (Lipinski definition) is 3. The Hall–Kier alpha value is -2.75. The van der Waals surface area contributed by atoms with Gasteiger partial charge in [-0.05, 0) is 36.4 Å². The summed E-state index contributed by atoms with van der Waals surface area (Å²) in [6.07, 6.45) is 1.66. The summed E-state index contributed by atoms with van der Waals surface area (Å²) in [5.74, 6) is -0.401. The number of aromatic amines is 1. The molecule has 1 amide bonds. The average molecular weight is 374 g/mol. The Bertz CT molecular complexity index is 1030. The number of benzene rings is 2. The molecule has 1 heterocycles. The van der Waals surface area contributed by atoms with Gasteiger partial charge in [-0.2, -0.15) is 5.10 Å². The highest BCUT2D eigenvalue weighted by molar-refractivity contribution is 7.89. The van der Waals surface area contributed by atoms with Crippen LogP contribution in [0.25, 0.3) is 10.9 Å². The van der Waals surface area contributed by atoms with Gasteiger partial charge in [0.25, 0.3) is 5.91 Å². The van der Waals surface area contributed by atoms with Gasteiger partial charge in [0.05, 0.1) is 23.2 Å². The van der Waals surface area contributed by atoms with Crippen molar-refractivity contribution in [1.82, 2.24) is 14.9 Å². The van der Waals surface area contributed by atoms with Crippen LogP contribution in [0.15, 0.2) is 53.6 Å². The lowest BCUT2D eigenvalue weighted by molar-refractivity contribution is 0.102. The zero-order valence-corrected chi connectivity index (χ0v) is 14.8. The SMILES string of the molecule is COCCNS(=O)(=O)c1cccc(C(=O)Nc2ccc3[nH]ncc3c2)c1. The Balaban J connectivity index is 1.77. The lowest BCUT2D eigenvalue weighted by Crippen LogP contribution is -2.27. The van der Waals surface area contributed by atoms with Gasteiger partial charge in [0.1, 0.15) is 0 Å². The van der Waals surface area contributed by atoms with Crippen molar-refractivity contribution in [2.75, 3.05) is 25.6 Å². The summed E-state index contributed by atoms with van der Waals surface area (Å²) in [7, 11) is -2.22. The number of ether oxygens (including phenoxy) is 1. The first kappa shape index (κ1) is 18.1. The van der Waals surface area contributed by atoms with Gasteiger partial charge in [0, 0.05) is 30.3 Å². The molecule has 0 aliphatic carbocycles. The summed E-state index contributed by atoms with van der Waals surface area (Å²) in [6, 6.07) is 11.2. The van der Waals surface area contributed by atoms with E-state index in [0.29, 0.717) is 5.69 Å². The number of anilines is 1. The van der Waals surface area contributed by atoms with E-state index in [0.717, 1.165) is 10.9 Å². The van der Waals surface area contributed by atoms with E-state index >= 15 is 0 Å². The summed E-state index contributed by atoms with van der Waals surface area (Å²) in [4.78, 5) is 12.5. The number of hydrogen-bond acceptors (Lipinski definition) is 5. The van der Waals surface area contributed by atoms with Crippen molar-refractivity contribution in [1.29, 1.82) is 0 Å². The molecule has 0 radical (unpaired) electrons. The maximum Gasteiger partial charge on any atom is 0.255 e. The van der Waals surface area contributed by atoms with Crippen LogP contribution in [0.3, 0.4) is 0 Å². The van der Waals surface area contributed by atoms with Gasteiger partial charge in [-0.3, -0.25) is 9.89 Å². The number of carbonyl (C=O) groups is 1.